The average Bonchev–Trinajstić information content (AvgIpc) is 2.63. The number of aryl methyl sites for hydroxylation is 1. The molecule has 6 nitrogen and oxygen atoms in total. The largest absolute Gasteiger partial charge is 0.491 e. The number of hydrogen-bond acceptors (Lipinski definition) is 4. The predicted molar refractivity (Wildman–Crippen MR) is 112 cm³/mol. The minimum atomic E-state index is 0.103. The smallest absolute Gasteiger partial charge is 0.191 e. The van der Waals surface area contributed by atoms with Crippen molar-refractivity contribution in [1.82, 2.24) is 15.5 Å². The third-order valence-electron chi connectivity index (χ3n) is 5.21. The molecule has 1 aliphatic rings. The first-order valence-corrected chi connectivity index (χ1v) is 9.82. The van der Waals surface area contributed by atoms with E-state index in [0.717, 1.165) is 49.9 Å². The summed E-state index contributed by atoms with van der Waals surface area (Å²) < 4.78 is 11.5. The van der Waals surface area contributed by atoms with Crippen LogP contribution in [0.1, 0.15) is 37.8 Å². The molecule has 0 aromatic heterocycles. The van der Waals surface area contributed by atoms with Crippen LogP contribution in [0.2, 0.25) is 0 Å². The van der Waals surface area contributed by atoms with Crippen molar-refractivity contribution in [1.29, 1.82) is 0 Å². The highest BCUT2D eigenvalue weighted by Gasteiger charge is 2.34. The molecule has 1 aromatic rings. The third-order valence-corrected chi connectivity index (χ3v) is 5.21. The van der Waals surface area contributed by atoms with Crippen LogP contribution in [0.4, 0.5) is 0 Å². The van der Waals surface area contributed by atoms with E-state index in [0.29, 0.717) is 6.54 Å². The van der Waals surface area contributed by atoms with Crippen LogP contribution in [-0.4, -0.2) is 63.4 Å². The van der Waals surface area contributed by atoms with Crippen molar-refractivity contribution in [3.05, 3.63) is 29.3 Å². The third kappa shape index (κ3) is 6.11. The van der Waals surface area contributed by atoms with Gasteiger partial charge in [-0.2, -0.15) is 0 Å². The van der Waals surface area contributed by atoms with Crippen LogP contribution in [0, 0.1) is 6.92 Å². The molecule has 152 valence electrons. The Morgan fingerprint density at radius 2 is 1.96 bits per heavy atom. The number of ether oxygens (including phenoxy) is 2. The Bertz CT molecular complexity index is 623. The zero-order valence-electron chi connectivity index (χ0n) is 17.8. The molecule has 1 heterocycles. The molecule has 2 N–H and O–H groups in total. The number of guanidine groups is 1. The summed E-state index contributed by atoms with van der Waals surface area (Å²) in [6.45, 7) is 9.31. The van der Waals surface area contributed by atoms with Gasteiger partial charge in [-0.15, -0.1) is 0 Å². The van der Waals surface area contributed by atoms with Gasteiger partial charge in [0.05, 0.1) is 6.10 Å². The van der Waals surface area contributed by atoms with E-state index in [4.69, 9.17) is 9.47 Å². The maximum Gasteiger partial charge on any atom is 0.191 e. The lowest BCUT2D eigenvalue weighted by atomic mass is 9.88. The van der Waals surface area contributed by atoms with Gasteiger partial charge in [0.15, 0.2) is 5.96 Å². The molecule has 1 aromatic carbocycles. The normalized spacial score (nSPS) is 17.3. The van der Waals surface area contributed by atoms with Crippen molar-refractivity contribution in [2.75, 3.05) is 40.9 Å². The molecule has 0 saturated carbocycles. The number of rotatable bonds is 7. The van der Waals surface area contributed by atoms with Gasteiger partial charge in [-0.3, -0.25) is 4.99 Å². The second-order valence-electron chi connectivity index (χ2n) is 7.79. The number of aliphatic imine (C=N–C) groups is 1. The van der Waals surface area contributed by atoms with Crippen LogP contribution < -0.4 is 15.4 Å². The van der Waals surface area contributed by atoms with E-state index in [9.17, 15) is 0 Å². The molecule has 1 saturated heterocycles. The maximum absolute atomic E-state index is 5.97. The van der Waals surface area contributed by atoms with Crippen molar-refractivity contribution < 1.29 is 9.47 Å². The molecule has 2 rings (SSSR count). The second-order valence-corrected chi connectivity index (χ2v) is 7.79. The fourth-order valence-electron chi connectivity index (χ4n) is 3.35. The number of nitrogens with zero attached hydrogens (tertiary/aromatic N) is 2. The van der Waals surface area contributed by atoms with Crippen molar-refractivity contribution >= 4 is 5.96 Å². The minimum absolute atomic E-state index is 0.103. The van der Waals surface area contributed by atoms with Crippen LogP contribution in [0.3, 0.4) is 0 Å². The van der Waals surface area contributed by atoms with E-state index in [2.05, 4.69) is 73.6 Å². The SMILES string of the molecule is CN=C(NCc1ccc(C)cc1OC(C)C)NCC1(N(C)C)CCOCC1. The summed E-state index contributed by atoms with van der Waals surface area (Å²) in [6.07, 6.45) is 2.19. The quantitative estimate of drug-likeness (QED) is 0.566. The Balaban J connectivity index is 1.98. The molecule has 0 bridgehead atoms. The Labute approximate surface area is 164 Å². The number of nitrogens with one attached hydrogen (secondary N) is 2. The molecular formula is C21H36N4O2. The fourth-order valence-corrected chi connectivity index (χ4v) is 3.35. The van der Waals surface area contributed by atoms with E-state index in [1.165, 1.54) is 5.56 Å². The van der Waals surface area contributed by atoms with Gasteiger partial charge in [0.25, 0.3) is 0 Å². The number of benzene rings is 1. The van der Waals surface area contributed by atoms with Gasteiger partial charge >= 0.3 is 0 Å². The Morgan fingerprint density at radius 1 is 1.26 bits per heavy atom. The number of likely N-dealkylation sites (N-methyl/N-ethyl adjacent to an activating group) is 1. The molecule has 0 spiro atoms. The fraction of sp³-hybridized carbons (Fsp3) is 0.667. The van der Waals surface area contributed by atoms with Crippen LogP contribution in [0.15, 0.2) is 23.2 Å². The zero-order valence-corrected chi connectivity index (χ0v) is 17.8. The van der Waals surface area contributed by atoms with Gasteiger partial charge < -0.3 is 25.0 Å². The zero-order chi connectivity index (χ0) is 19.9. The Hall–Kier alpha value is -1.79. The van der Waals surface area contributed by atoms with Crippen LogP contribution in [-0.2, 0) is 11.3 Å². The monoisotopic (exact) mass is 376 g/mol. The Morgan fingerprint density at radius 3 is 2.56 bits per heavy atom. The van der Waals surface area contributed by atoms with Crippen molar-refractivity contribution in [3.63, 3.8) is 0 Å². The van der Waals surface area contributed by atoms with E-state index in [1.54, 1.807) is 0 Å². The van der Waals surface area contributed by atoms with Gasteiger partial charge in [-0.1, -0.05) is 12.1 Å². The molecule has 1 fully saturated rings. The number of hydrogen-bond donors (Lipinski definition) is 2. The van der Waals surface area contributed by atoms with Crippen LogP contribution in [0.5, 0.6) is 5.75 Å². The summed E-state index contributed by atoms with van der Waals surface area (Å²) in [5.74, 6) is 1.74. The standard InChI is InChI=1S/C21H36N4O2/c1-16(2)27-19-13-17(3)7-8-18(19)14-23-20(22-4)24-15-21(25(5)6)9-11-26-12-10-21/h7-8,13,16H,9-12,14-15H2,1-6H3,(H2,22,23,24). The summed E-state index contributed by atoms with van der Waals surface area (Å²) >= 11 is 0. The molecule has 6 heteroatoms. The molecule has 0 amide bonds. The first-order chi connectivity index (χ1) is 12.9. The maximum atomic E-state index is 5.97. The molecule has 0 unspecified atom stereocenters. The van der Waals surface area contributed by atoms with Gasteiger partial charge in [0.2, 0.25) is 0 Å². The summed E-state index contributed by atoms with van der Waals surface area (Å²) in [5, 5.41) is 6.93. The first-order valence-electron chi connectivity index (χ1n) is 9.82. The Kier molecular flexibility index (Phi) is 7.92. The van der Waals surface area contributed by atoms with Crippen LogP contribution >= 0.6 is 0 Å². The lowest BCUT2D eigenvalue weighted by Gasteiger charge is -2.43. The van der Waals surface area contributed by atoms with Crippen molar-refractivity contribution in [2.45, 2.75) is 51.8 Å². The second kappa shape index (κ2) is 9.95. The summed E-state index contributed by atoms with van der Waals surface area (Å²) in [4.78, 5) is 6.70. The molecular weight excluding hydrogens is 340 g/mol. The highest BCUT2D eigenvalue weighted by Crippen LogP contribution is 2.25. The molecule has 0 atom stereocenters. The van der Waals surface area contributed by atoms with E-state index < -0.39 is 0 Å². The van der Waals surface area contributed by atoms with Gasteiger partial charge in [0.1, 0.15) is 5.75 Å². The van der Waals surface area contributed by atoms with Crippen molar-refractivity contribution in [2.24, 2.45) is 4.99 Å². The van der Waals surface area contributed by atoms with Gasteiger partial charge in [0, 0.05) is 44.5 Å². The van der Waals surface area contributed by atoms with E-state index >= 15 is 0 Å². The van der Waals surface area contributed by atoms with E-state index in [-0.39, 0.29) is 11.6 Å². The highest BCUT2D eigenvalue weighted by atomic mass is 16.5. The molecule has 0 aliphatic carbocycles. The highest BCUT2D eigenvalue weighted by molar-refractivity contribution is 5.79. The van der Waals surface area contributed by atoms with Crippen LogP contribution in [0.25, 0.3) is 0 Å². The lowest BCUT2D eigenvalue weighted by Crippen LogP contribution is -2.57. The topological polar surface area (TPSA) is 58.1 Å². The predicted octanol–water partition coefficient (Wildman–Crippen LogP) is 2.56. The summed E-state index contributed by atoms with van der Waals surface area (Å²) in [6, 6.07) is 6.33. The first kappa shape index (κ1) is 21.5. The molecule has 0 radical (unpaired) electrons. The van der Waals surface area contributed by atoms with Gasteiger partial charge in [-0.25, -0.2) is 0 Å². The summed E-state index contributed by atoms with van der Waals surface area (Å²) in [7, 11) is 6.10. The molecule has 1 aliphatic heterocycles. The van der Waals surface area contributed by atoms with Gasteiger partial charge in [-0.05, 0) is 59.3 Å². The molecule has 27 heavy (non-hydrogen) atoms. The summed E-state index contributed by atoms with van der Waals surface area (Å²) in [5.41, 5.74) is 2.43. The average molecular weight is 377 g/mol. The lowest BCUT2D eigenvalue weighted by molar-refractivity contribution is -0.00501. The van der Waals surface area contributed by atoms with E-state index in [1.807, 2.05) is 7.05 Å². The van der Waals surface area contributed by atoms with Crippen molar-refractivity contribution in [3.8, 4) is 5.75 Å². The minimum Gasteiger partial charge on any atom is -0.491 e.